The highest BCUT2D eigenvalue weighted by Crippen LogP contribution is 2.23. The number of benzene rings is 2. The van der Waals surface area contributed by atoms with Crippen molar-refractivity contribution in [2.24, 2.45) is 0 Å². The maximum Gasteiger partial charge on any atom is 0.0426 e. The van der Waals surface area contributed by atoms with Crippen LogP contribution in [0.15, 0.2) is 42.5 Å². The van der Waals surface area contributed by atoms with Crippen molar-refractivity contribution in [2.75, 3.05) is 18.5 Å². The molecule has 0 radical (unpaired) electrons. The number of nitrogens with one attached hydrogen (secondary N) is 1. The number of nitrogens with zero attached hydrogens (tertiary/aromatic N) is 1. The maximum atomic E-state index is 3.43. The van der Waals surface area contributed by atoms with Gasteiger partial charge in [0.2, 0.25) is 0 Å². The minimum Gasteiger partial charge on any atom is -0.370 e. The number of anilines is 1. The molecule has 0 fully saturated rings. The summed E-state index contributed by atoms with van der Waals surface area (Å²) in [5.41, 5.74) is 6.66. The molecule has 2 nitrogen and oxygen atoms in total. The quantitative estimate of drug-likeness (QED) is 0.860. The molecule has 0 aliphatic heterocycles. The van der Waals surface area contributed by atoms with Crippen LogP contribution in [-0.4, -0.2) is 13.6 Å². The van der Waals surface area contributed by atoms with Crippen LogP contribution in [-0.2, 0) is 13.1 Å². The Balaban J connectivity index is 2.19. The molecule has 2 aromatic rings. The maximum absolute atomic E-state index is 3.43. The summed E-state index contributed by atoms with van der Waals surface area (Å²) in [6.45, 7) is 9.29. The van der Waals surface area contributed by atoms with Crippen LogP contribution in [0.3, 0.4) is 0 Å². The van der Waals surface area contributed by atoms with Crippen LogP contribution in [0.25, 0.3) is 0 Å². The molecule has 0 heterocycles. The lowest BCUT2D eigenvalue weighted by atomic mass is 10.1. The van der Waals surface area contributed by atoms with Crippen molar-refractivity contribution in [2.45, 2.75) is 33.9 Å². The van der Waals surface area contributed by atoms with Gasteiger partial charge >= 0.3 is 0 Å². The summed E-state index contributed by atoms with van der Waals surface area (Å²) in [5, 5.41) is 3.43. The molecular formula is C19H26N2. The predicted molar refractivity (Wildman–Crippen MR) is 91.8 cm³/mol. The van der Waals surface area contributed by atoms with Crippen LogP contribution in [0.2, 0.25) is 0 Å². The van der Waals surface area contributed by atoms with Gasteiger partial charge in [0.15, 0.2) is 0 Å². The smallest absolute Gasteiger partial charge is 0.0426 e. The minimum atomic E-state index is 0.922. The van der Waals surface area contributed by atoms with Crippen molar-refractivity contribution in [3.05, 3.63) is 64.7 Å². The van der Waals surface area contributed by atoms with E-state index in [9.17, 15) is 0 Å². The zero-order valence-electron chi connectivity index (χ0n) is 13.6. The van der Waals surface area contributed by atoms with E-state index in [1.807, 2.05) is 0 Å². The first-order valence-electron chi connectivity index (χ1n) is 7.67. The molecule has 0 amide bonds. The molecule has 0 saturated heterocycles. The third-order valence-corrected chi connectivity index (χ3v) is 3.71. The van der Waals surface area contributed by atoms with E-state index in [0.717, 1.165) is 19.6 Å². The molecule has 2 rings (SSSR count). The molecule has 0 aromatic heterocycles. The van der Waals surface area contributed by atoms with Gasteiger partial charge in [-0.3, -0.25) is 0 Å². The van der Waals surface area contributed by atoms with Crippen LogP contribution in [0, 0.1) is 13.8 Å². The first-order chi connectivity index (χ1) is 10.1. The summed E-state index contributed by atoms with van der Waals surface area (Å²) in [6, 6.07) is 15.4. The van der Waals surface area contributed by atoms with E-state index in [-0.39, 0.29) is 0 Å². The Bertz CT molecular complexity index is 590. The third-order valence-electron chi connectivity index (χ3n) is 3.71. The van der Waals surface area contributed by atoms with Gasteiger partial charge < -0.3 is 10.2 Å². The highest BCUT2D eigenvalue weighted by Gasteiger charge is 2.08. The second-order valence-electron chi connectivity index (χ2n) is 5.76. The fourth-order valence-corrected chi connectivity index (χ4v) is 2.66. The van der Waals surface area contributed by atoms with E-state index >= 15 is 0 Å². The van der Waals surface area contributed by atoms with Gasteiger partial charge in [0.05, 0.1) is 0 Å². The standard InChI is InChI=1S/C19H26N2/c1-5-20-13-18-12-16(3)9-10-19(18)21(4)14-17-8-6-7-15(2)11-17/h6-12,20H,5,13-14H2,1-4H3. The van der Waals surface area contributed by atoms with E-state index in [1.54, 1.807) is 0 Å². The normalized spacial score (nSPS) is 10.7. The first-order valence-corrected chi connectivity index (χ1v) is 7.67. The molecule has 1 N–H and O–H groups in total. The van der Waals surface area contributed by atoms with Crippen LogP contribution in [0.1, 0.15) is 29.2 Å². The molecule has 21 heavy (non-hydrogen) atoms. The van der Waals surface area contributed by atoms with Gasteiger partial charge in [0.1, 0.15) is 0 Å². The summed E-state index contributed by atoms with van der Waals surface area (Å²) in [7, 11) is 2.17. The van der Waals surface area contributed by atoms with E-state index < -0.39 is 0 Å². The second kappa shape index (κ2) is 7.28. The third kappa shape index (κ3) is 4.33. The SMILES string of the molecule is CCNCc1cc(C)ccc1N(C)Cc1cccc(C)c1. The van der Waals surface area contributed by atoms with Crippen molar-refractivity contribution < 1.29 is 0 Å². The Hall–Kier alpha value is -1.80. The minimum absolute atomic E-state index is 0.922. The summed E-state index contributed by atoms with van der Waals surface area (Å²) in [5.74, 6) is 0. The largest absolute Gasteiger partial charge is 0.370 e. The van der Waals surface area contributed by atoms with Crippen molar-refractivity contribution in [1.29, 1.82) is 0 Å². The molecule has 0 saturated carbocycles. The van der Waals surface area contributed by atoms with E-state index in [1.165, 1.54) is 27.9 Å². The van der Waals surface area contributed by atoms with Gasteiger partial charge in [-0.2, -0.15) is 0 Å². The Morgan fingerprint density at radius 1 is 1.00 bits per heavy atom. The van der Waals surface area contributed by atoms with Crippen molar-refractivity contribution in [3.63, 3.8) is 0 Å². The summed E-state index contributed by atoms with van der Waals surface area (Å²) in [4.78, 5) is 2.33. The molecule has 0 atom stereocenters. The van der Waals surface area contributed by atoms with Gasteiger partial charge in [0, 0.05) is 25.8 Å². The number of hydrogen-bond acceptors (Lipinski definition) is 2. The lowest BCUT2D eigenvalue weighted by Crippen LogP contribution is -2.20. The number of hydrogen-bond donors (Lipinski definition) is 1. The topological polar surface area (TPSA) is 15.3 Å². The Labute approximate surface area is 128 Å². The molecule has 112 valence electrons. The van der Waals surface area contributed by atoms with Crippen LogP contribution in [0.5, 0.6) is 0 Å². The van der Waals surface area contributed by atoms with Crippen LogP contribution in [0.4, 0.5) is 5.69 Å². The molecule has 0 bridgehead atoms. The van der Waals surface area contributed by atoms with Crippen LogP contribution < -0.4 is 10.2 Å². The molecule has 0 unspecified atom stereocenters. The number of aryl methyl sites for hydroxylation is 2. The van der Waals surface area contributed by atoms with E-state index in [2.05, 4.69) is 80.5 Å². The molecule has 2 heteroatoms. The van der Waals surface area contributed by atoms with Crippen LogP contribution >= 0.6 is 0 Å². The van der Waals surface area contributed by atoms with Gasteiger partial charge in [-0.15, -0.1) is 0 Å². The zero-order chi connectivity index (χ0) is 15.2. The monoisotopic (exact) mass is 282 g/mol. The molecular weight excluding hydrogens is 256 g/mol. The first kappa shape index (κ1) is 15.6. The molecule has 0 aliphatic rings. The van der Waals surface area contributed by atoms with Gasteiger partial charge in [-0.25, -0.2) is 0 Å². The average Bonchev–Trinajstić information content (AvgIpc) is 2.45. The van der Waals surface area contributed by atoms with Gasteiger partial charge in [0.25, 0.3) is 0 Å². The predicted octanol–water partition coefficient (Wildman–Crippen LogP) is 4.05. The summed E-state index contributed by atoms with van der Waals surface area (Å²) < 4.78 is 0. The summed E-state index contributed by atoms with van der Waals surface area (Å²) >= 11 is 0. The zero-order valence-corrected chi connectivity index (χ0v) is 13.6. The fraction of sp³-hybridized carbons (Fsp3) is 0.368. The van der Waals surface area contributed by atoms with E-state index in [0.29, 0.717) is 0 Å². The van der Waals surface area contributed by atoms with Crippen molar-refractivity contribution in [1.82, 2.24) is 5.32 Å². The molecule has 0 aliphatic carbocycles. The molecule has 0 spiro atoms. The summed E-state index contributed by atoms with van der Waals surface area (Å²) in [6.07, 6.45) is 0. The highest BCUT2D eigenvalue weighted by molar-refractivity contribution is 5.55. The van der Waals surface area contributed by atoms with Crippen molar-refractivity contribution >= 4 is 5.69 Å². The lowest BCUT2D eigenvalue weighted by Gasteiger charge is -2.23. The van der Waals surface area contributed by atoms with Crippen molar-refractivity contribution in [3.8, 4) is 0 Å². The fourth-order valence-electron chi connectivity index (χ4n) is 2.66. The second-order valence-corrected chi connectivity index (χ2v) is 5.76. The number of rotatable bonds is 6. The highest BCUT2D eigenvalue weighted by atomic mass is 15.1. The van der Waals surface area contributed by atoms with Gasteiger partial charge in [-0.05, 0) is 37.6 Å². The Morgan fingerprint density at radius 2 is 1.76 bits per heavy atom. The van der Waals surface area contributed by atoms with E-state index in [4.69, 9.17) is 0 Å². The lowest BCUT2D eigenvalue weighted by molar-refractivity contribution is 0.722. The Kier molecular flexibility index (Phi) is 5.40. The Morgan fingerprint density at radius 3 is 2.48 bits per heavy atom. The van der Waals surface area contributed by atoms with Gasteiger partial charge in [-0.1, -0.05) is 54.4 Å². The average molecular weight is 282 g/mol. The molecule has 2 aromatic carbocycles.